The monoisotopic (exact) mass is 677 g/mol. The first-order valence-corrected chi connectivity index (χ1v) is 21.7. The second-order valence-electron chi connectivity index (χ2n) is 14.9. The van der Waals surface area contributed by atoms with E-state index >= 15 is 0 Å². The molecule has 1 atom stereocenters. The Bertz CT molecular complexity index is 687. The van der Waals surface area contributed by atoms with E-state index in [1.165, 1.54) is 186 Å². The van der Waals surface area contributed by atoms with Gasteiger partial charge in [0, 0.05) is 12.8 Å². The minimum absolute atomic E-state index is 0.0402. The number of carbonyl (C=O) groups excluding carboxylic acids is 1. The van der Waals surface area contributed by atoms with Crippen LogP contribution in [0.5, 0.6) is 0 Å². The van der Waals surface area contributed by atoms with Crippen LogP contribution in [0.4, 0.5) is 0 Å². The van der Waals surface area contributed by atoms with Crippen LogP contribution in [0, 0.1) is 0 Å². The largest absolute Gasteiger partial charge is 0.481 e. The molecule has 0 aromatic heterocycles. The lowest BCUT2D eigenvalue weighted by molar-refractivity contribution is -0.150. The molecule has 0 aromatic rings. The van der Waals surface area contributed by atoms with Crippen molar-refractivity contribution in [2.75, 3.05) is 0 Å². The summed E-state index contributed by atoms with van der Waals surface area (Å²) in [6, 6.07) is 0. The topological polar surface area (TPSA) is 63.6 Å². The Labute approximate surface area is 300 Å². The Kier molecular flexibility index (Phi) is 39.0. The maximum Gasteiger partial charge on any atom is 0.306 e. The lowest BCUT2D eigenvalue weighted by Gasteiger charge is -2.18. The number of allylic oxidation sites excluding steroid dienone is 2. The van der Waals surface area contributed by atoms with E-state index in [-0.39, 0.29) is 12.1 Å². The van der Waals surface area contributed by atoms with Gasteiger partial charge in [-0.15, -0.1) is 0 Å². The molecule has 48 heavy (non-hydrogen) atoms. The second-order valence-corrected chi connectivity index (χ2v) is 14.9. The molecule has 0 radical (unpaired) electrons. The summed E-state index contributed by atoms with van der Waals surface area (Å²) in [5.74, 6) is -0.628. The zero-order chi connectivity index (χ0) is 35.0. The van der Waals surface area contributed by atoms with E-state index in [1.807, 2.05) is 0 Å². The fourth-order valence-corrected chi connectivity index (χ4v) is 6.77. The third-order valence-electron chi connectivity index (χ3n) is 9.99. The number of carboxylic acid groups (broad SMARTS) is 1. The molecule has 0 aromatic carbocycles. The lowest BCUT2D eigenvalue weighted by atomic mass is 10.0. The van der Waals surface area contributed by atoms with Crippen molar-refractivity contribution >= 4 is 11.9 Å². The molecule has 0 aliphatic carbocycles. The van der Waals surface area contributed by atoms with Crippen molar-refractivity contribution in [2.24, 2.45) is 0 Å². The summed E-state index contributed by atoms with van der Waals surface area (Å²) in [6.45, 7) is 4.53. The molecule has 0 aliphatic heterocycles. The van der Waals surface area contributed by atoms with Gasteiger partial charge in [0.15, 0.2) is 0 Å². The van der Waals surface area contributed by atoms with Crippen LogP contribution < -0.4 is 0 Å². The fraction of sp³-hybridized carbons (Fsp3) is 0.909. The Morgan fingerprint density at radius 1 is 0.438 bits per heavy atom. The molecule has 1 unspecified atom stereocenters. The van der Waals surface area contributed by atoms with Gasteiger partial charge >= 0.3 is 11.9 Å². The quantitative estimate of drug-likeness (QED) is 0.0398. The van der Waals surface area contributed by atoms with Crippen molar-refractivity contribution in [1.82, 2.24) is 0 Å². The van der Waals surface area contributed by atoms with Gasteiger partial charge in [0.2, 0.25) is 0 Å². The molecule has 4 heteroatoms. The first-order valence-electron chi connectivity index (χ1n) is 21.7. The first-order chi connectivity index (χ1) is 23.6. The normalized spacial score (nSPS) is 12.2. The maximum absolute atomic E-state index is 12.6. The van der Waals surface area contributed by atoms with E-state index in [0.717, 1.165) is 38.5 Å². The van der Waals surface area contributed by atoms with E-state index in [9.17, 15) is 9.59 Å². The summed E-state index contributed by atoms with van der Waals surface area (Å²) < 4.78 is 6.01. The first kappa shape index (κ1) is 46.7. The van der Waals surface area contributed by atoms with Crippen molar-refractivity contribution in [2.45, 2.75) is 258 Å². The van der Waals surface area contributed by atoms with Crippen LogP contribution in [0.25, 0.3) is 0 Å². The van der Waals surface area contributed by atoms with Crippen LogP contribution in [-0.2, 0) is 14.3 Å². The van der Waals surface area contributed by atoms with Crippen LogP contribution >= 0.6 is 0 Å². The number of aliphatic carboxylic acids is 1. The van der Waals surface area contributed by atoms with E-state index in [4.69, 9.17) is 9.84 Å². The summed E-state index contributed by atoms with van der Waals surface area (Å²) in [5, 5.41) is 8.69. The highest BCUT2D eigenvalue weighted by Gasteiger charge is 2.14. The van der Waals surface area contributed by atoms with Gasteiger partial charge in [-0.25, -0.2) is 0 Å². The van der Waals surface area contributed by atoms with Gasteiger partial charge in [-0.1, -0.05) is 187 Å². The number of hydrogen-bond acceptors (Lipinski definition) is 3. The minimum Gasteiger partial charge on any atom is -0.481 e. The standard InChI is InChI=1S/C44H84O4/c1-3-5-7-9-10-11-12-13-14-15-16-17-18-19-24-27-30-33-37-41-44(47)48-42(38-34-8-6-4-2)39-35-31-28-25-22-20-21-23-26-29-32-36-40-43(45)46/h13-14,42H,3-12,15-41H2,1-2H3,(H,45,46)/b14-13-. The van der Waals surface area contributed by atoms with Gasteiger partial charge in [0.25, 0.3) is 0 Å². The van der Waals surface area contributed by atoms with Crippen LogP contribution in [0.2, 0.25) is 0 Å². The summed E-state index contributed by atoms with van der Waals surface area (Å²) in [4.78, 5) is 23.2. The molecule has 0 fully saturated rings. The molecular weight excluding hydrogens is 592 g/mol. The number of carboxylic acids is 1. The zero-order valence-corrected chi connectivity index (χ0v) is 32.6. The highest BCUT2D eigenvalue weighted by atomic mass is 16.5. The smallest absolute Gasteiger partial charge is 0.306 e. The second kappa shape index (κ2) is 40.1. The van der Waals surface area contributed by atoms with Crippen molar-refractivity contribution in [1.29, 1.82) is 0 Å². The van der Waals surface area contributed by atoms with Crippen LogP contribution in [0.1, 0.15) is 251 Å². The molecule has 284 valence electrons. The summed E-state index contributed by atoms with van der Waals surface area (Å²) in [7, 11) is 0. The number of unbranched alkanes of at least 4 members (excludes halogenated alkanes) is 29. The number of carbonyl (C=O) groups is 2. The molecule has 0 saturated carbocycles. The van der Waals surface area contributed by atoms with Gasteiger partial charge < -0.3 is 9.84 Å². The van der Waals surface area contributed by atoms with Crippen molar-refractivity contribution in [3.05, 3.63) is 12.2 Å². The van der Waals surface area contributed by atoms with E-state index < -0.39 is 5.97 Å². The third kappa shape index (κ3) is 39.1. The van der Waals surface area contributed by atoms with Crippen LogP contribution in [0.3, 0.4) is 0 Å². The van der Waals surface area contributed by atoms with Gasteiger partial charge in [-0.2, -0.15) is 0 Å². The molecule has 0 bridgehead atoms. The number of ether oxygens (including phenoxy) is 1. The molecule has 0 saturated heterocycles. The van der Waals surface area contributed by atoms with Crippen LogP contribution in [0.15, 0.2) is 12.2 Å². The Hall–Kier alpha value is -1.32. The summed E-state index contributed by atoms with van der Waals surface area (Å²) >= 11 is 0. The van der Waals surface area contributed by atoms with Gasteiger partial charge in [0.05, 0.1) is 0 Å². The molecule has 4 nitrogen and oxygen atoms in total. The SMILES string of the molecule is CCCCCCCC/C=C\CCCCCCCCCCCC(=O)OC(CCCCCC)CCCCCCCCCCCCCCC(=O)O. The molecule has 0 amide bonds. The third-order valence-corrected chi connectivity index (χ3v) is 9.99. The molecular formula is C44H84O4. The van der Waals surface area contributed by atoms with Gasteiger partial charge in [-0.3, -0.25) is 9.59 Å². The summed E-state index contributed by atoms with van der Waals surface area (Å²) in [6.07, 6.45) is 49.9. The number of esters is 1. The van der Waals surface area contributed by atoms with E-state index in [0.29, 0.717) is 12.8 Å². The predicted molar refractivity (Wildman–Crippen MR) is 209 cm³/mol. The minimum atomic E-state index is -0.668. The highest BCUT2D eigenvalue weighted by molar-refractivity contribution is 5.69. The average molecular weight is 677 g/mol. The predicted octanol–water partition coefficient (Wildman–Crippen LogP) is 15.0. The molecule has 0 rings (SSSR count). The molecule has 1 N–H and O–H groups in total. The highest BCUT2D eigenvalue weighted by Crippen LogP contribution is 2.19. The van der Waals surface area contributed by atoms with Crippen molar-refractivity contribution in [3.63, 3.8) is 0 Å². The number of hydrogen-bond donors (Lipinski definition) is 1. The molecule has 0 aliphatic rings. The lowest BCUT2D eigenvalue weighted by Crippen LogP contribution is -2.18. The fourth-order valence-electron chi connectivity index (χ4n) is 6.77. The Morgan fingerprint density at radius 3 is 1.15 bits per heavy atom. The van der Waals surface area contributed by atoms with Crippen molar-refractivity contribution < 1.29 is 19.4 Å². The molecule has 0 heterocycles. The van der Waals surface area contributed by atoms with E-state index in [1.54, 1.807) is 0 Å². The summed E-state index contributed by atoms with van der Waals surface area (Å²) in [5.41, 5.74) is 0. The number of rotatable bonds is 40. The zero-order valence-electron chi connectivity index (χ0n) is 32.6. The van der Waals surface area contributed by atoms with Gasteiger partial charge in [0.1, 0.15) is 6.10 Å². The Balaban J connectivity index is 3.73. The van der Waals surface area contributed by atoms with Crippen LogP contribution in [-0.4, -0.2) is 23.1 Å². The maximum atomic E-state index is 12.6. The Morgan fingerprint density at radius 2 is 0.750 bits per heavy atom. The van der Waals surface area contributed by atoms with Crippen molar-refractivity contribution in [3.8, 4) is 0 Å². The van der Waals surface area contributed by atoms with E-state index in [2.05, 4.69) is 26.0 Å². The van der Waals surface area contributed by atoms with Gasteiger partial charge in [-0.05, 0) is 64.2 Å². The average Bonchev–Trinajstić information content (AvgIpc) is 3.07. The molecule has 0 spiro atoms.